The zero-order chi connectivity index (χ0) is 17.5. The number of aliphatic carboxylic acids is 1. The van der Waals surface area contributed by atoms with E-state index in [9.17, 15) is 9.59 Å². The van der Waals surface area contributed by atoms with Gasteiger partial charge in [0, 0.05) is 18.0 Å². The van der Waals surface area contributed by atoms with Crippen molar-refractivity contribution in [2.24, 2.45) is 0 Å². The summed E-state index contributed by atoms with van der Waals surface area (Å²) in [6, 6.07) is 9.10. The van der Waals surface area contributed by atoms with Crippen LogP contribution in [0.25, 0.3) is 5.69 Å². The number of carboxylic acids is 1. The molecule has 2 aromatic rings. The van der Waals surface area contributed by atoms with E-state index < -0.39 is 5.97 Å². The second kappa shape index (κ2) is 8.39. The van der Waals surface area contributed by atoms with Crippen LogP contribution in [0.3, 0.4) is 0 Å². The van der Waals surface area contributed by atoms with Crippen LogP contribution < -0.4 is 10.1 Å². The summed E-state index contributed by atoms with van der Waals surface area (Å²) >= 11 is 1.26. The number of hydrogen-bond acceptors (Lipinski definition) is 5. The third-order valence-electron chi connectivity index (χ3n) is 3.19. The number of aryl methyl sites for hydroxylation is 1. The molecule has 0 saturated heterocycles. The molecule has 0 aliphatic heterocycles. The monoisotopic (exact) mass is 349 g/mol. The van der Waals surface area contributed by atoms with Crippen molar-refractivity contribution in [3.05, 3.63) is 41.7 Å². The van der Waals surface area contributed by atoms with E-state index in [0.29, 0.717) is 18.0 Å². The highest BCUT2D eigenvalue weighted by atomic mass is 32.2. The van der Waals surface area contributed by atoms with Crippen LogP contribution in [0.1, 0.15) is 16.2 Å². The van der Waals surface area contributed by atoms with Crippen LogP contribution in [0.15, 0.2) is 30.3 Å². The Bertz CT molecular complexity index is 713. The van der Waals surface area contributed by atoms with Gasteiger partial charge in [-0.3, -0.25) is 9.59 Å². The highest BCUT2D eigenvalue weighted by Crippen LogP contribution is 2.16. The fourth-order valence-electron chi connectivity index (χ4n) is 2.06. The smallest absolute Gasteiger partial charge is 0.313 e. The molecule has 1 heterocycles. The SMILES string of the molecule is COc1ccc(-n2nc(C(=O)NCCSCC(=O)O)cc2C)cc1. The molecule has 2 N–H and O–H groups in total. The van der Waals surface area contributed by atoms with E-state index in [1.807, 2.05) is 31.2 Å². The van der Waals surface area contributed by atoms with Gasteiger partial charge in [0.05, 0.1) is 18.6 Å². The number of methoxy groups -OCH3 is 1. The molecule has 0 saturated carbocycles. The first-order valence-corrected chi connectivity index (χ1v) is 8.45. The van der Waals surface area contributed by atoms with Gasteiger partial charge in [-0.2, -0.15) is 5.10 Å². The molecule has 0 radical (unpaired) electrons. The lowest BCUT2D eigenvalue weighted by molar-refractivity contribution is -0.133. The van der Waals surface area contributed by atoms with E-state index in [1.54, 1.807) is 17.9 Å². The fraction of sp³-hybridized carbons (Fsp3) is 0.312. The van der Waals surface area contributed by atoms with Crippen LogP contribution >= 0.6 is 11.8 Å². The van der Waals surface area contributed by atoms with E-state index >= 15 is 0 Å². The highest BCUT2D eigenvalue weighted by Gasteiger charge is 2.13. The molecule has 0 aliphatic rings. The normalized spacial score (nSPS) is 10.4. The second-order valence-electron chi connectivity index (χ2n) is 4.98. The number of rotatable bonds is 8. The van der Waals surface area contributed by atoms with Crippen molar-refractivity contribution in [2.75, 3.05) is 25.2 Å². The molecule has 1 aromatic heterocycles. The van der Waals surface area contributed by atoms with Gasteiger partial charge in [-0.05, 0) is 37.3 Å². The Morgan fingerprint density at radius 3 is 2.67 bits per heavy atom. The first kappa shape index (κ1) is 17.9. The van der Waals surface area contributed by atoms with Crippen molar-refractivity contribution in [3.63, 3.8) is 0 Å². The first-order chi connectivity index (χ1) is 11.5. The molecule has 0 atom stereocenters. The van der Waals surface area contributed by atoms with Crippen molar-refractivity contribution < 1.29 is 19.4 Å². The highest BCUT2D eigenvalue weighted by molar-refractivity contribution is 7.99. The lowest BCUT2D eigenvalue weighted by Crippen LogP contribution is -2.26. The van der Waals surface area contributed by atoms with E-state index in [1.165, 1.54) is 11.8 Å². The summed E-state index contributed by atoms with van der Waals surface area (Å²) in [5, 5.41) is 15.6. The maximum absolute atomic E-state index is 12.1. The topological polar surface area (TPSA) is 93.5 Å². The van der Waals surface area contributed by atoms with Crippen LogP contribution in [0.2, 0.25) is 0 Å². The third-order valence-corrected chi connectivity index (χ3v) is 4.14. The predicted molar refractivity (Wildman–Crippen MR) is 92.1 cm³/mol. The summed E-state index contributed by atoms with van der Waals surface area (Å²) in [5.41, 5.74) is 2.00. The Kier molecular flexibility index (Phi) is 6.25. The molecular formula is C16H19N3O4S. The van der Waals surface area contributed by atoms with E-state index in [4.69, 9.17) is 9.84 Å². The predicted octanol–water partition coefficient (Wildman–Crippen LogP) is 1.74. The largest absolute Gasteiger partial charge is 0.497 e. The van der Waals surface area contributed by atoms with Gasteiger partial charge in [0.25, 0.3) is 5.91 Å². The summed E-state index contributed by atoms with van der Waals surface area (Å²) < 4.78 is 6.81. The Morgan fingerprint density at radius 2 is 2.04 bits per heavy atom. The van der Waals surface area contributed by atoms with Crippen molar-refractivity contribution in [1.29, 1.82) is 0 Å². The Balaban J connectivity index is 1.97. The minimum absolute atomic E-state index is 0.0288. The summed E-state index contributed by atoms with van der Waals surface area (Å²) in [7, 11) is 1.60. The van der Waals surface area contributed by atoms with Gasteiger partial charge in [0.15, 0.2) is 5.69 Å². The van der Waals surface area contributed by atoms with E-state index in [-0.39, 0.29) is 11.7 Å². The average Bonchev–Trinajstić information content (AvgIpc) is 2.96. The number of carboxylic acid groups (broad SMARTS) is 1. The lowest BCUT2D eigenvalue weighted by atomic mass is 10.3. The molecule has 24 heavy (non-hydrogen) atoms. The number of carbonyl (C=O) groups is 2. The van der Waals surface area contributed by atoms with Gasteiger partial charge in [-0.15, -0.1) is 11.8 Å². The van der Waals surface area contributed by atoms with Gasteiger partial charge in [-0.25, -0.2) is 4.68 Å². The molecule has 0 unspecified atom stereocenters. The third kappa shape index (κ3) is 4.76. The van der Waals surface area contributed by atoms with Crippen LogP contribution in [-0.2, 0) is 4.79 Å². The number of benzene rings is 1. The zero-order valence-electron chi connectivity index (χ0n) is 13.5. The Labute approximate surface area is 144 Å². The van der Waals surface area contributed by atoms with E-state index in [2.05, 4.69) is 10.4 Å². The van der Waals surface area contributed by atoms with Gasteiger partial charge < -0.3 is 15.2 Å². The molecule has 7 nitrogen and oxygen atoms in total. The molecule has 0 aliphatic carbocycles. The number of ether oxygens (including phenoxy) is 1. The minimum Gasteiger partial charge on any atom is -0.497 e. The van der Waals surface area contributed by atoms with Crippen molar-refractivity contribution >= 4 is 23.6 Å². The molecule has 8 heteroatoms. The van der Waals surface area contributed by atoms with Gasteiger partial charge in [0.2, 0.25) is 0 Å². The van der Waals surface area contributed by atoms with Gasteiger partial charge in [-0.1, -0.05) is 0 Å². The summed E-state index contributed by atoms with van der Waals surface area (Å²) in [5.74, 6) is 0.180. The lowest BCUT2D eigenvalue weighted by Gasteiger charge is -2.05. The first-order valence-electron chi connectivity index (χ1n) is 7.30. The molecule has 0 bridgehead atoms. The molecule has 1 aromatic carbocycles. The van der Waals surface area contributed by atoms with Crippen LogP contribution in [-0.4, -0.2) is 51.9 Å². The number of carbonyl (C=O) groups excluding carboxylic acids is 1. The molecule has 1 amide bonds. The van der Waals surface area contributed by atoms with Crippen LogP contribution in [0, 0.1) is 6.92 Å². The van der Waals surface area contributed by atoms with Gasteiger partial charge in [0.1, 0.15) is 5.75 Å². The Morgan fingerprint density at radius 1 is 1.33 bits per heavy atom. The molecule has 128 valence electrons. The van der Waals surface area contributed by atoms with Crippen molar-refractivity contribution in [2.45, 2.75) is 6.92 Å². The quantitative estimate of drug-likeness (QED) is 0.705. The van der Waals surface area contributed by atoms with Crippen LogP contribution in [0.5, 0.6) is 5.75 Å². The summed E-state index contributed by atoms with van der Waals surface area (Å²) in [6.07, 6.45) is 0. The van der Waals surface area contributed by atoms with Crippen molar-refractivity contribution in [3.8, 4) is 11.4 Å². The number of nitrogens with zero attached hydrogens (tertiary/aromatic N) is 2. The number of thioether (sulfide) groups is 1. The number of nitrogens with one attached hydrogen (secondary N) is 1. The summed E-state index contributed by atoms with van der Waals surface area (Å²) in [4.78, 5) is 22.5. The molecule has 0 fully saturated rings. The van der Waals surface area contributed by atoms with Crippen LogP contribution in [0.4, 0.5) is 0 Å². The average molecular weight is 349 g/mol. The zero-order valence-corrected chi connectivity index (χ0v) is 14.3. The van der Waals surface area contributed by atoms with Crippen molar-refractivity contribution in [1.82, 2.24) is 15.1 Å². The number of aromatic nitrogens is 2. The second-order valence-corrected chi connectivity index (χ2v) is 6.09. The van der Waals surface area contributed by atoms with Gasteiger partial charge >= 0.3 is 5.97 Å². The number of amides is 1. The molecule has 2 rings (SSSR count). The minimum atomic E-state index is -0.861. The molecular weight excluding hydrogens is 330 g/mol. The fourth-order valence-corrected chi connectivity index (χ4v) is 2.62. The molecule has 0 spiro atoms. The maximum atomic E-state index is 12.1. The summed E-state index contributed by atoms with van der Waals surface area (Å²) in [6.45, 7) is 2.27. The standard InChI is InChI=1S/C16H19N3O4S/c1-11-9-14(16(22)17-7-8-24-10-15(20)21)18-19(11)12-3-5-13(23-2)6-4-12/h3-6,9H,7-8,10H2,1-2H3,(H,17,22)(H,20,21). The van der Waals surface area contributed by atoms with E-state index in [0.717, 1.165) is 17.1 Å². The maximum Gasteiger partial charge on any atom is 0.313 e. The Hall–Kier alpha value is -2.48. The number of hydrogen-bond donors (Lipinski definition) is 2.